The van der Waals surface area contributed by atoms with Gasteiger partial charge in [-0.1, -0.05) is 29.8 Å². The Morgan fingerprint density at radius 1 is 1.17 bits per heavy atom. The van der Waals surface area contributed by atoms with Gasteiger partial charge in [0.2, 0.25) is 11.7 Å². The summed E-state index contributed by atoms with van der Waals surface area (Å²) >= 11 is 6.80. The number of benzene rings is 2. The number of Topliss-reactive ketones (excluding diaryl/α,β-unsaturated/α-hetero) is 2. The fourth-order valence-electron chi connectivity index (χ4n) is 6.21. The highest BCUT2D eigenvalue weighted by atomic mass is 35.5. The van der Waals surface area contributed by atoms with E-state index in [1.165, 1.54) is 6.07 Å². The fourth-order valence-corrected chi connectivity index (χ4v) is 6.50. The number of hydrogen-bond donors (Lipinski definition) is 6. The van der Waals surface area contributed by atoms with Crippen molar-refractivity contribution in [2.24, 2.45) is 17.6 Å². The molecule has 12 heteroatoms. The van der Waals surface area contributed by atoms with Crippen molar-refractivity contribution in [2.75, 3.05) is 12.4 Å². The zero-order chi connectivity index (χ0) is 30.7. The number of aliphatic hydroxyl groups is 3. The summed E-state index contributed by atoms with van der Waals surface area (Å²) in [6.45, 7) is 1.88. The monoisotopic (exact) mass is 595 g/mol. The molecule has 11 nitrogen and oxygen atoms in total. The van der Waals surface area contributed by atoms with Crippen molar-refractivity contribution in [3.63, 3.8) is 0 Å². The number of ketones is 2. The van der Waals surface area contributed by atoms with E-state index in [2.05, 4.69) is 5.32 Å². The predicted octanol–water partition coefficient (Wildman–Crippen LogP) is 2.54. The third-order valence-electron chi connectivity index (χ3n) is 8.57. The predicted molar refractivity (Wildman–Crippen MR) is 152 cm³/mol. The van der Waals surface area contributed by atoms with E-state index < -0.39 is 64.5 Å². The van der Waals surface area contributed by atoms with E-state index in [1.807, 2.05) is 6.07 Å². The Morgan fingerprint density at radius 2 is 1.83 bits per heavy atom. The van der Waals surface area contributed by atoms with Crippen LogP contribution in [0.3, 0.4) is 0 Å². The number of aliphatic hydroxyl groups excluding tert-OH is 2. The summed E-state index contributed by atoms with van der Waals surface area (Å²) in [7, 11) is 1.72. The van der Waals surface area contributed by atoms with E-state index >= 15 is 0 Å². The van der Waals surface area contributed by atoms with Crippen molar-refractivity contribution in [1.29, 1.82) is 0 Å². The van der Waals surface area contributed by atoms with Crippen molar-refractivity contribution >= 4 is 46.4 Å². The number of halogens is 1. The van der Waals surface area contributed by atoms with Gasteiger partial charge in [0.15, 0.2) is 11.4 Å². The lowest BCUT2D eigenvalue weighted by atomic mass is 9.59. The molecule has 5 rings (SSSR count). The van der Waals surface area contributed by atoms with Gasteiger partial charge in [0, 0.05) is 35.2 Å². The highest BCUT2D eigenvalue weighted by Crippen LogP contribution is 2.53. The van der Waals surface area contributed by atoms with Crippen LogP contribution >= 0.6 is 11.6 Å². The van der Waals surface area contributed by atoms with Crippen molar-refractivity contribution in [1.82, 2.24) is 4.90 Å². The summed E-state index contributed by atoms with van der Waals surface area (Å²) in [5, 5.41) is 47.3. The summed E-state index contributed by atoms with van der Waals surface area (Å²) in [5.74, 6) is -7.29. The van der Waals surface area contributed by atoms with Crippen molar-refractivity contribution in [3.05, 3.63) is 75.0 Å². The minimum Gasteiger partial charge on any atom is -0.508 e. The number of rotatable bonds is 6. The van der Waals surface area contributed by atoms with Crippen LogP contribution in [-0.2, 0) is 32.1 Å². The maximum atomic E-state index is 13.6. The molecule has 0 saturated heterocycles. The molecule has 3 unspecified atom stereocenters. The molecule has 0 aliphatic heterocycles. The van der Waals surface area contributed by atoms with Crippen LogP contribution in [0.2, 0.25) is 5.02 Å². The number of para-hydroxylation sites is 1. The Morgan fingerprint density at radius 3 is 2.48 bits per heavy atom. The molecular weight excluding hydrogens is 566 g/mol. The molecule has 0 bridgehead atoms. The minimum atomic E-state index is -2.63. The molecule has 3 aliphatic rings. The number of aromatic hydroxyl groups is 1. The maximum Gasteiger partial charge on any atom is 0.255 e. The van der Waals surface area contributed by atoms with Gasteiger partial charge >= 0.3 is 0 Å². The van der Waals surface area contributed by atoms with E-state index in [1.54, 1.807) is 43.1 Å². The number of anilines is 1. The Labute approximate surface area is 245 Å². The number of nitrogens with zero attached hydrogens (tertiary/aromatic N) is 1. The van der Waals surface area contributed by atoms with E-state index in [0.29, 0.717) is 16.8 Å². The summed E-state index contributed by atoms with van der Waals surface area (Å²) < 4.78 is 0. The van der Waals surface area contributed by atoms with Gasteiger partial charge in [-0.2, -0.15) is 0 Å². The quantitative estimate of drug-likeness (QED) is 0.272. The molecule has 2 amide bonds. The number of fused-ring (bicyclic) bond motifs is 3. The normalized spacial score (nSPS) is 24.2. The molecule has 0 radical (unpaired) electrons. The van der Waals surface area contributed by atoms with Crippen molar-refractivity contribution < 1.29 is 39.6 Å². The SMILES string of the molecule is C[C@H](C(=O)Nc1ccccc1)N(C)Cc1cc(O)c2c(c1Cl)CC1CC3CC(=O)C(C(N)=O)=C(O)C3(O)C(=O)C1=C2O. The average molecular weight is 596 g/mol. The van der Waals surface area contributed by atoms with Crippen LogP contribution in [0.25, 0.3) is 5.76 Å². The Kier molecular flexibility index (Phi) is 7.38. The first-order valence-electron chi connectivity index (χ1n) is 13.3. The van der Waals surface area contributed by atoms with E-state index in [9.17, 15) is 39.6 Å². The van der Waals surface area contributed by atoms with E-state index in [-0.39, 0.29) is 47.2 Å². The van der Waals surface area contributed by atoms with Crippen LogP contribution in [0.1, 0.15) is 36.5 Å². The number of nitrogens with two attached hydrogens (primary N) is 1. The molecule has 0 aromatic heterocycles. The first-order valence-corrected chi connectivity index (χ1v) is 13.7. The van der Waals surface area contributed by atoms with Crippen LogP contribution in [0, 0.1) is 11.8 Å². The number of phenolic OH excluding ortho intramolecular Hbond substituents is 1. The van der Waals surface area contributed by atoms with Gasteiger partial charge in [0.05, 0.1) is 11.6 Å². The second kappa shape index (κ2) is 10.6. The zero-order valence-corrected chi connectivity index (χ0v) is 23.6. The Balaban J connectivity index is 1.47. The summed E-state index contributed by atoms with van der Waals surface area (Å²) in [4.78, 5) is 52.5. The highest BCUT2D eigenvalue weighted by Gasteiger charge is 2.60. The number of hydrogen-bond acceptors (Lipinski definition) is 9. The third kappa shape index (κ3) is 4.54. The molecule has 2 aromatic carbocycles. The van der Waals surface area contributed by atoms with Gasteiger partial charge in [0.25, 0.3) is 5.91 Å². The average Bonchev–Trinajstić information content (AvgIpc) is 2.93. The van der Waals surface area contributed by atoms with Gasteiger partial charge in [-0.05, 0) is 62.1 Å². The second-order valence-corrected chi connectivity index (χ2v) is 11.5. The van der Waals surface area contributed by atoms with Gasteiger partial charge in [-0.3, -0.25) is 24.1 Å². The number of primary amides is 1. The Bertz CT molecular complexity index is 1600. The minimum absolute atomic E-state index is 0.000821. The molecule has 0 heterocycles. The molecule has 0 spiro atoms. The number of amides is 2. The molecule has 4 atom stereocenters. The lowest BCUT2D eigenvalue weighted by Crippen LogP contribution is -2.58. The molecule has 1 fully saturated rings. The number of phenols is 1. The molecule has 2 aromatic rings. The van der Waals surface area contributed by atoms with Gasteiger partial charge in [-0.15, -0.1) is 0 Å². The lowest BCUT2D eigenvalue weighted by molar-refractivity contribution is -0.147. The van der Waals surface area contributed by atoms with Crippen LogP contribution in [-0.4, -0.2) is 67.4 Å². The van der Waals surface area contributed by atoms with Crippen molar-refractivity contribution in [3.8, 4) is 5.75 Å². The molecule has 3 aliphatic carbocycles. The number of carbonyl (C=O) groups excluding carboxylic acids is 4. The summed E-state index contributed by atoms with van der Waals surface area (Å²) in [6, 6.07) is 9.74. The van der Waals surface area contributed by atoms with Crippen LogP contribution in [0.4, 0.5) is 5.69 Å². The molecule has 7 N–H and O–H groups in total. The van der Waals surface area contributed by atoms with E-state index in [0.717, 1.165) is 0 Å². The maximum absolute atomic E-state index is 13.6. The molecule has 220 valence electrons. The van der Waals surface area contributed by atoms with E-state index in [4.69, 9.17) is 17.3 Å². The van der Waals surface area contributed by atoms with Gasteiger partial charge < -0.3 is 31.5 Å². The number of nitrogens with one attached hydrogen (secondary N) is 1. The lowest BCUT2D eigenvalue weighted by Gasteiger charge is -2.46. The standard InChI is InChI=1S/C30H30ClN3O8/c1-13(29(41)33-17-6-4-3-5-7-17)34(2)12-15-10-19(35)22-18(24(15)31)9-14-8-16-11-20(36)23(28(32)40)27(39)30(16,42)26(38)21(14)25(22)37/h3-7,10,13-14,16,35,37,39,42H,8-9,11-12H2,1-2H3,(H2,32,40)(H,33,41)/t13-,14?,16?,30?/m1/s1. The molecule has 42 heavy (non-hydrogen) atoms. The topological polar surface area (TPSA) is 190 Å². The van der Waals surface area contributed by atoms with Gasteiger partial charge in [0.1, 0.15) is 22.8 Å². The number of carbonyl (C=O) groups is 4. The smallest absolute Gasteiger partial charge is 0.255 e. The first-order chi connectivity index (χ1) is 19.8. The summed E-state index contributed by atoms with van der Waals surface area (Å²) in [6.07, 6.45) is -0.321. The molecule has 1 saturated carbocycles. The Hall–Kier alpha value is -4.19. The van der Waals surface area contributed by atoms with Gasteiger partial charge in [-0.25, -0.2) is 0 Å². The number of likely N-dealkylation sites (N-methyl/N-ethyl adjacent to an activating group) is 1. The fraction of sp³-hybridized carbons (Fsp3) is 0.333. The second-order valence-electron chi connectivity index (χ2n) is 11.1. The van der Waals surface area contributed by atoms with Crippen LogP contribution in [0.15, 0.2) is 53.3 Å². The first kappa shape index (κ1) is 29.3. The van der Waals surface area contributed by atoms with Crippen molar-refractivity contribution in [2.45, 2.75) is 44.4 Å². The largest absolute Gasteiger partial charge is 0.508 e. The zero-order valence-electron chi connectivity index (χ0n) is 22.8. The highest BCUT2D eigenvalue weighted by molar-refractivity contribution is 6.32. The summed E-state index contributed by atoms with van der Waals surface area (Å²) in [5.41, 5.74) is 2.90. The van der Waals surface area contributed by atoms with Crippen LogP contribution in [0.5, 0.6) is 5.75 Å². The van der Waals surface area contributed by atoms with Crippen LogP contribution < -0.4 is 11.1 Å². The molecular formula is C30H30ClN3O8. The third-order valence-corrected chi connectivity index (χ3v) is 9.04.